The second-order valence-electron chi connectivity index (χ2n) is 5.51. The molecule has 26 heavy (non-hydrogen) atoms. The molecule has 0 aliphatic carbocycles. The van der Waals surface area contributed by atoms with Crippen molar-refractivity contribution in [1.82, 2.24) is 20.9 Å². The number of aryl methyl sites for hydroxylation is 1. The lowest BCUT2D eigenvalue weighted by atomic mass is 10.2. The normalized spacial score (nSPS) is 11.3. The number of carbonyl (C=O) groups is 1. The Bertz CT molecular complexity index is 729. The fourth-order valence-electron chi connectivity index (χ4n) is 2.20. The van der Waals surface area contributed by atoms with Crippen LogP contribution in [0, 0.1) is 0 Å². The summed E-state index contributed by atoms with van der Waals surface area (Å²) in [4.78, 5) is 21.9. The summed E-state index contributed by atoms with van der Waals surface area (Å²) in [5.41, 5.74) is 0.644. The molecule has 0 fully saturated rings. The highest BCUT2D eigenvalue weighted by Crippen LogP contribution is 2.13. The number of nitrogens with one attached hydrogen (secondary N) is 3. The van der Waals surface area contributed by atoms with Crippen LogP contribution >= 0.6 is 27.3 Å². The first kappa shape index (κ1) is 20.4. The van der Waals surface area contributed by atoms with E-state index >= 15 is 0 Å². The molecule has 2 rings (SSSR count). The summed E-state index contributed by atoms with van der Waals surface area (Å²) in [5.74, 6) is 0.632. The fraction of sp³-hybridized carbons (Fsp3) is 0.389. The van der Waals surface area contributed by atoms with E-state index in [1.807, 2.05) is 18.3 Å². The van der Waals surface area contributed by atoms with Gasteiger partial charge in [-0.25, -0.2) is 4.98 Å². The topological polar surface area (TPSA) is 78.4 Å². The lowest BCUT2D eigenvalue weighted by molar-refractivity contribution is 0.0954. The van der Waals surface area contributed by atoms with Crippen LogP contribution < -0.4 is 16.0 Å². The van der Waals surface area contributed by atoms with Crippen LogP contribution in [0.4, 0.5) is 0 Å². The van der Waals surface area contributed by atoms with Crippen LogP contribution in [-0.2, 0) is 12.8 Å². The van der Waals surface area contributed by atoms with Gasteiger partial charge in [-0.1, -0.05) is 22.9 Å². The zero-order chi connectivity index (χ0) is 18.8. The molecule has 8 heteroatoms. The fourth-order valence-corrected chi connectivity index (χ4v) is 3.32. The molecule has 3 N–H and O–H groups in total. The largest absolute Gasteiger partial charge is 0.356 e. The molecule has 140 valence electrons. The standard InChI is InChI=1S/C18H24BrN5OS/c1-3-15-12-24-16(26-15)8-9-22-18(20-2)23-11-10-21-17(25)13-4-6-14(19)7-5-13/h4-7,12H,3,8-11H2,1-2H3,(H,21,25)(H2,20,22,23). The predicted octanol–water partition coefficient (Wildman–Crippen LogP) is 2.61. The highest BCUT2D eigenvalue weighted by molar-refractivity contribution is 9.10. The van der Waals surface area contributed by atoms with Gasteiger partial charge < -0.3 is 16.0 Å². The van der Waals surface area contributed by atoms with Gasteiger partial charge in [-0.15, -0.1) is 11.3 Å². The number of benzene rings is 1. The van der Waals surface area contributed by atoms with Crippen LogP contribution in [0.25, 0.3) is 0 Å². The molecule has 0 radical (unpaired) electrons. The second-order valence-corrected chi connectivity index (χ2v) is 7.63. The zero-order valence-corrected chi connectivity index (χ0v) is 17.4. The predicted molar refractivity (Wildman–Crippen MR) is 111 cm³/mol. The van der Waals surface area contributed by atoms with Crippen LogP contribution in [0.2, 0.25) is 0 Å². The second kappa shape index (κ2) is 10.9. The number of halogens is 1. The lowest BCUT2D eigenvalue weighted by Gasteiger charge is -2.12. The average Bonchev–Trinajstić information content (AvgIpc) is 3.12. The van der Waals surface area contributed by atoms with Gasteiger partial charge in [-0.2, -0.15) is 0 Å². The van der Waals surface area contributed by atoms with E-state index in [2.05, 4.69) is 48.8 Å². The molecule has 0 atom stereocenters. The van der Waals surface area contributed by atoms with Crippen molar-refractivity contribution in [3.8, 4) is 0 Å². The van der Waals surface area contributed by atoms with Gasteiger partial charge in [-0.3, -0.25) is 9.79 Å². The summed E-state index contributed by atoms with van der Waals surface area (Å²) in [7, 11) is 1.73. The minimum atomic E-state index is -0.0854. The van der Waals surface area contributed by atoms with Crippen molar-refractivity contribution in [1.29, 1.82) is 0 Å². The molecule has 0 aliphatic heterocycles. The van der Waals surface area contributed by atoms with Crippen LogP contribution in [0.5, 0.6) is 0 Å². The van der Waals surface area contributed by atoms with Gasteiger partial charge in [0.1, 0.15) is 0 Å². The van der Waals surface area contributed by atoms with Crippen molar-refractivity contribution < 1.29 is 4.79 Å². The van der Waals surface area contributed by atoms with Crippen LogP contribution in [0.3, 0.4) is 0 Å². The van der Waals surface area contributed by atoms with Crippen molar-refractivity contribution in [3.05, 3.63) is 50.4 Å². The van der Waals surface area contributed by atoms with E-state index in [-0.39, 0.29) is 5.91 Å². The molecule has 1 aromatic carbocycles. The summed E-state index contributed by atoms with van der Waals surface area (Å²) in [6, 6.07) is 7.28. The SMILES string of the molecule is CCc1cnc(CCNC(=NC)NCCNC(=O)c2ccc(Br)cc2)s1. The monoisotopic (exact) mass is 437 g/mol. The van der Waals surface area contributed by atoms with E-state index < -0.39 is 0 Å². The Labute approximate surface area is 166 Å². The maximum absolute atomic E-state index is 12.0. The van der Waals surface area contributed by atoms with E-state index in [0.717, 1.165) is 34.8 Å². The highest BCUT2D eigenvalue weighted by atomic mass is 79.9. The molecule has 1 aromatic heterocycles. The van der Waals surface area contributed by atoms with E-state index in [9.17, 15) is 4.79 Å². The minimum Gasteiger partial charge on any atom is -0.356 e. The van der Waals surface area contributed by atoms with Crippen LogP contribution in [0.15, 0.2) is 39.9 Å². The maximum atomic E-state index is 12.0. The van der Waals surface area contributed by atoms with Crippen molar-refractivity contribution in [3.63, 3.8) is 0 Å². The molecule has 0 spiro atoms. The number of carbonyl (C=O) groups excluding carboxylic acids is 1. The number of thiazole rings is 1. The number of hydrogen-bond donors (Lipinski definition) is 3. The minimum absolute atomic E-state index is 0.0854. The molecule has 2 aromatic rings. The average molecular weight is 438 g/mol. The van der Waals surface area contributed by atoms with Gasteiger partial charge >= 0.3 is 0 Å². The van der Waals surface area contributed by atoms with E-state index in [4.69, 9.17) is 0 Å². The van der Waals surface area contributed by atoms with Crippen LogP contribution in [0.1, 0.15) is 27.2 Å². The first-order valence-electron chi connectivity index (χ1n) is 8.54. The number of rotatable bonds is 8. The number of nitrogens with zero attached hydrogens (tertiary/aromatic N) is 2. The first-order valence-corrected chi connectivity index (χ1v) is 10.1. The summed E-state index contributed by atoms with van der Waals surface area (Å²) in [5, 5.41) is 10.5. The smallest absolute Gasteiger partial charge is 0.251 e. The number of hydrogen-bond acceptors (Lipinski definition) is 4. The van der Waals surface area contributed by atoms with Crippen molar-refractivity contribution in [2.24, 2.45) is 4.99 Å². The van der Waals surface area contributed by atoms with Gasteiger partial charge in [0.25, 0.3) is 5.91 Å². The number of aromatic nitrogens is 1. The van der Waals surface area contributed by atoms with Crippen molar-refractivity contribution in [2.45, 2.75) is 19.8 Å². The van der Waals surface area contributed by atoms with E-state index in [1.54, 1.807) is 30.5 Å². The molecule has 1 heterocycles. The molecular formula is C18H24BrN5OS. The Balaban J connectivity index is 1.63. The molecule has 0 bridgehead atoms. The summed E-state index contributed by atoms with van der Waals surface area (Å²) in [6.07, 6.45) is 3.84. The molecule has 0 saturated heterocycles. The van der Waals surface area contributed by atoms with Crippen LogP contribution in [-0.4, -0.2) is 43.5 Å². The van der Waals surface area contributed by atoms with Gasteiger partial charge in [0.2, 0.25) is 0 Å². The lowest BCUT2D eigenvalue weighted by Crippen LogP contribution is -2.42. The Hall–Kier alpha value is -1.93. The van der Waals surface area contributed by atoms with E-state index in [1.165, 1.54) is 4.88 Å². The van der Waals surface area contributed by atoms with E-state index in [0.29, 0.717) is 18.7 Å². The first-order chi connectivity index (χ1) is 12.6. The molecule has 0 saturated carbocycles. The highest BCUT2D eigenvalue weighted by Gasteiger charge is 2.05. The Kier molecular flexibility index (Phi) is 8.57. The number of aliphatic imine (C=N–C) groups is 1. The van der Waals surface area contributed by atoms with Crippen molar-refractivity contribution in [2.75, 3.05) is 26.7 Å². The quantitative estimate of drug-likeness (QED) is 0.336. The van der Waals surface area contributed by atoms with Gasteiger partial charge in [0.15, 0.2) is 5.96 Å². The van der Waals surface area contributed by atoms with Gasteiger partial charge in [-0.05, 0) is 30.7 Å². The molecular weight excluding hydrogens is 414 g/mol. The molecule has 0 aliphatic rings. The Morgan fingerprint density at radius 3 is 2.50 bits per heavy atom. The Morgan fingerprint density at radius 1 is 1.15 bits per heavy atom. The third kappa shape index (κ3) is 6.76. The third-order valence-electron chi connectivity index (χ3n) is 3.61. The number of amides is 1. The molecule has 6 nitrogen and oxygen atoms in total. The summed E-state index contributed by atoms with van der Waals surface area (Å²) >= 11 is 5.11. The summed E-state index contributed by atoms with van der Waals surface area (Å²) < 4.78 is 0.953. The number of guanidine groups is 1. The maximum Gasteiger partial charge on any atom is 0.251 e. The zero-order valence-electron chi connectivity index (χ0n) is 15.0. The van der Waals surface area contributed by atoms with Crippen molar-refractivity contribution >= 4 is 39.1 Å². The van der Waals surface area contributed by atoms with Gasteiger partial charge in [0, 0.05) is 54.2 Å². The molecule has 1 amide bonds. The molecule has 0 unspecified atom stereocenters. The Morgan fingerprint density at radius 2 is 1.85 bits per heavy atom. The third-order valence-corrected chi connectivity index (χ3v) is 5.34. The van der Waals surface area contributed by atoms with Gasteiger partial charge in [0.05, 0.1) is 5.01 Å². The summed E-state index contributed by atoms with van der Waals surface area (Å²) in [6.45, 7) is 4.01.